The first-order valence-electron chi connectivity index (χ1n) is 3.64. The highest BCUT2D eigenvalue weighted by Crippen LogP contribution is 1.93. The van der Waals surface area contributed by atoms with E-state index in [-0.39, 0.29) is 6.61 Å². The fourth-order valence-corrected chi connectivity index (χ4v) is 0.731. The summed E-state index contributed by atoms with van der Waals surface area (Å²) in [6, 6.07) is 0. The van der Waals surface area contributed by atoms with E-state index in [4.69, 9.17) is 5.11 Å². The van der Waals surface area contributed by atoms with Gasteiger partial charge in [-0.05, 0) is 12.8 Å². The number of aliphatic hydroxyl groups excluding tert-OH is 1. The Kier molecular flexibility index (Phi) is 3.40. The molecule has 1 aromatic rings. The van der Waals surface area contributed by atoms with Crippen LogP contribution >= 0.6 is 0 Å². The second kappa shape index (κ2) is 4.68. The molecule has 0 aliphatic heterocycles. The van der Waals surface area contributed by atoms with E-state index >= 15 is 0 Å². The Bertz CT molecular complexity index is 175. The van der Waals surface area contributed by atoms with Crippen LogP contribution in [0.25, 0.3) is 0 Å². The zero-order valence-electron chi connectivity index (χ0n) is 6.25. The van der Waals surface area contributed by atoms with Gasteiger partial charge in [0.05, 0.1) is 0 Å². The Balaban J connectivity index is 2.04. The van der Waals surface area contributed by atoms with Crippen LogP contribution in [0.15, 0.2) is 6.33 Å². The van der Waals surface area contributed by atoms with Crippen molar-refractivity contribution in [1.29, 1.82) is 0 Å². The molecule has 1 heterocycles. The average molecular weight is 156 g/mol. The van der Waals surface area contributed by atoms with E-state index in [1.165, 1.54) is 6.33 Å². The fourth-order valence-electron chi connectivity index (χ4n) is 0.731. The van der Waals surface area contributed by atoms with Gasteiger partial charge in [0.25, 0.3) is 0 Å². The minimum Gasteiger partial charge on any atom is -0.396 e. The minimum absolute atomic E-state index is 0.246. The Morgan fingerprint density at radius 3 is 3.09 bits per heavy atom. The molecule has 11 heavy (non-hydrogen) atoms. The number of aliphatic hydroxyl groups is 1. The molecule has 0 amide bonds. The molecule has 0 aromatic carbocycles. The van der Waals surface area contributed by atoms with Crippen LogP contribution in [0.5, 0.6) is 0 Å². The van der Waals surface area contributed by atoms with Crippen LogP contribution in [0.3, 0.4) is 0 Å². The lowest BCUT2D eigenvalue weighted by Crippen LogP contribution is -2.03. The number of hydrogen-bond donors (Lipinski definition) is 3. The molecule has 5 heteroatoms. The molecule has 0 bridgehead atoms. The van der Waals surface area contributed by atoms with Crippen molar-refractivity contribution in [3.05, 3.63) is 6.33 Å². The Hall–Kier alpha value is -1.10. The topological polar surface area (TPSA) is 73.8 Å². The molecule has 0 aliphatic carbocycles. The van der Waals surface area contributed by atoms with E-state index in [1.807, 2.05) is 0 Å². The van der Waals surface area contributed by atoms with E-state index in [0.717, 1.165) is 19.4 Å². The molecule has 62 valence electrons. The maximum absolute atomic E-state index is 8.46. The molecular weight excluding hydrogens is 144 g/mol. The van der Waals surface area contributed by atoms with Crippen molar-refractivity contribution in [2.75, 3.05) is 18.5 Å². The third kappa shape index (κ3) is 2.99. The van der Waals surface area contributed by atoms with Crippen LogP contribution in [0, 0.1) is 0 Å². The van der Waals surface area contributed by atoms with Crippen molar-refractivity contribution >= 4 is 5.95 Å². The van der Waals surface area contributed by atoms with E-state index in [9.17, 15) is 0 Å². The molecular formula is C6H12N4O. The highest BCUT2D eigenvalue weighted by atomic mass is 16.2. The van der Waals surface area contributed by atoms with Gasteiger partial charge in [0.1, 0.15) is 6.33 Å². The third-order valence-electron chi connectivity index (χ3n) is 1.28. The van der Waals surface area contributed by atoms with Gasteiger partial charge in [0.2, 0.25) is 5.95 Å². The maximum Gasteiger partial charge on any atom is 0.241 e. The van der Waals surface area contributed by atoms with Crippen LogP contribution in [-0.2, 0) is 0 Å². The molecule has 0 spiro atoms. The smallest absolute Gasteiger partial charge is 0.241 e. The van der Waals surface area contributed by atoms with Crippen molar-refractivity contribution < 1.29 is 5.11 Å². The first-order chi connectivity index (χ1) is 5.43. The predicted molar refractivity (Wildman–Crippen MR) is 41.2 cm³/mol. The molecule has 0 fully saturated rings. The summed E-state index contributed by atoms with van der Waals surface area (Å²) in [6.07, 6.45) is 3.27. The van der Waals surface area contributed by atoms with Gasteiger partial charge in [-0.25, -0.2) is 4.98 Å². The molecule has 0 saturated heterocycles. The lowest BCUT2D eigenvalue weighted by molar-refractivity contribution is 0.286. The van der Waals surface area contributed by atoms with Crippen molar-refractivity contribution in [3.63, 3.8) is 0 Å². The minimum atomic E-state index is 0.246. The van der Waals surface area contributed by atoms with Gasteiger partial charge in [-0.1, -0.05) is 0 Å². The zero-order chi connectivity index (χ0) is 7.94. The van der Waals surface area contributed by atoms with Crippen molar-refractivity contribution in [1.82, 2.24) is 15.2 Å². The highest BCUT2D eigenvalue weighted by Gasteiger charge is 1.92. The SMILES string of the molecule is OCCCCNc1nc[nH]n1. The fraction of sp³-hybridized carbons (Fsp3) is 0.667. The Morgan fingerprint density at radius 1 is 1.55 bits per heavy atom. The molecule has 1 rings (SSSR count). The first-order valence-corrected chi connectivity index (χ1v) is 3.64. The number of aromatic amines is 1. The molecule has 0 unspecified atom stereocenters. The van der Waals surface area contributed by atoms with Gasteiger partial charge in [0, 0.05) is 13.2 Å². The van der Waals surface area contributed by atoms with E-state index in [1.54, 1.807) is 0 Å². The number of hydrogen-bond acceptors (Lipinski definition) is 4. The van der Waals surface area contributed by atoms with Gasteiger partial charge >= 0.3 is 0 Å². The number of H-pyrrole nitrogens is 1. The van der Waals surface area contributed by atoms with Crippen molar-refractivity contribution in [2.24, 2.45) is 0 Å². The summed E-state index contributed by atoms with van der Waals surface area (Å²) >= 11 is 0. The van der Waals surface area contributed by atoms with Gasteiger partial charge in [-0.15, -0.1) is 5.10 Å². The first kappa shape index (κ1) is 8.00. The normalized spacial score (nSPS) is 9.91. The van der Waals surface area contributed by atoms with Crippen molar-refractivity contribution in [3.8, 4) is 0 Å². The lowest BCUT2D eigenvalue weighted by atomic mass is 10.3. The number of rotatable bonds is 5. The van der Waals surface area contributed by atoms with Gasteiger partial charge in [-0.3, -0.25) is 5.10 Å². The summed E-state index contributed by atoms with van der Waals surface area (Å²) in [4.78, 5) is 3.87. The monoisotopic (exact) mass is 156 g/mol. The number of unbranched alkanes of at least 4 members (excludes halogenated alkanes) is 1. The molecule has 0 aliphatic rings. The number of anilines is 1. The third-order valence-corrected chi connectivity index (χ3v) is 1.28. The molecule has 1 aromatic heterocycles. The standard InChI is InChI=1S/C6H12N4O/c11-4-2-1-3-7-6-8-5-9-10-6/h5,11H,1-4H2,(H2,7,8,9,10). The van der Waals surface area contributed by atoms with Gasteiger partial charge in [0.15, 0.2) is 0 Å². The Labute approximate surface area is 64.9 Å². The summed E-state index contributed by atoms with van der Waals surface area (Å²) in [5.74, 6) is 0.614. The summed E-state index contributed by atoms with van der Waals surface area (Å²) in [5, 5.41) is 17.9. The number of nitrogens with one attached hydrogen (secondary N) is 2. The summed E-state index contributed by atoms with van der Waals surface area (Å²) in [5.41, 5.74) is 0. The van der Waals surface area contributed by atoms with E-state index in [2.05, 4.69) is 20.5 Å². The summed E-state index contributed by atoms with van der Waals surface area (Å²) < 4.78 is 0. The van der Waals surface area contributed by atoms with Crippen LogP contribution < -0.4 is 5.32 Å². The number of aromatic nitrogens is 3. The van der Waals surface area contributed by atoms with Crippen LogP contribution in [0.4, 0.5) is 5.95 Å². The molecule has 5 nitrogen and oxygen atoms in total. The van der Waals surface area contributed by atoms with Crippen LogP contribution in [-0.4, -0.2) is 33.4 Å². The zero-order valence-corrected chi connectivity index (χ0v) is 6.25. The van der Waals surface area contributed by atoms with Gasteiger partial charge in [-0.2, -0.15) is 0 Å². The lowest BCUT2D eigenvalue weighted by Gasteiger charge is -1.98. The average Bonchev–Trinajstić information content (AvgIpc) is 2.50. The quantitative estimate of drug-likeness (QED) is 0.524. The molecule has 0 radical (unpaired) electrons. The Morgan fingerprint density at radius 2 is 2.45 bits per heavy atom. The predicted octanol–water partition coefficient (Wildman–Crippen LogP) is -0.0109. The summed E-state index contributed by atoms with van der Waals surface area (Å²) in [7, 11) is 0. The summed E-state index contributed by atoms with van der Waals surface area (Å²) in [6.45, 7) is 1.05. The second-order valence-corrected chi connectivity index (χ2v) is 2.18. The molecule has 3 N–H and O–H groups in total. The molecule has 0 atom stereocenters. The van der Waals surface area contributed by atoms with E-state index in [0.29, 0.717) is 5.95 Å². The number of nitrogens with zero attached hydrogens (tertiary/aromatic N) is 2. The highest BCUT2D eigenvalue weighted by molar-refractivity contribution is 5.19. The largest absolute Gasteiger partial charge is 0.396 e. The van der Waals surface area contributed by atoms with Gasteiger partial charge < -0.3 is 10.4 Å². The molecule has 0 saturated carbocycles. The van der Waals surface area contributed by atoms with Crippen molar-refractivity contribution in [2.45, 2.75) is 12.8 Å². The maximum atomic E-state index is 8.46. The van der Waals surface area contributed by atoms with Crippen LogP contribution in [0.1, 0.15) is 12.8 Å². The van der Waals surface area contributed by atoms with E-state index < -0.39 is 0 Å². The van der Waals surface area contributed by atoms with Crippen LogP contribution in [0.2, 0.25) is 0 Å². The second-order valence-electron chi connectivity index (χ2n) is 2.18.